The lowest BCUT2D eigenvalue weighted by Gasteiger charge is -2.49. The van der Waals surface area contributed by atoms with Gasteiger partial charge in [-0.15, -0.1) is 0 Å². The van der Waals surface area contributed by atoms with Crippen LogP contribution < -0.4 is 4.72 Å². The van der Waals surface area contributed by atoms with Gasteiger partial charge in [-0.2, -0.15) is 26.3 Å². The second-order valence-electron chi connectivity index (χ2n) is 17.0. The first-order valence-corrected chi connectivity index (χ1v) is 22.2. The maximum atomic E-state index is 14.5. The number of urea groups is 1. The fraction of sp³-hybridized carbons (Fsp3) is 0.590. The van der Waals surface area contributed by atoms with E-state index in [2.05, 4.69) is 4.72 Å². The maximum absolute atomic E-state index is 14.5. The van der Waals surface area contributed by atoms with Crippen LogP contribution in [0.1, 0.15) is 108 Å². The van der Waals surface area contributed by atoms with Crippen LogP contribution in [0.4, 0.5) is 35.5 Å². The van der Waals surface area contributed by atoms with Gasteiger partial charge >= 0.3 is 24.4 Å². The molecular formula is C39H54F7N3O5SSi. The molecule has 8 nitrogen and oxygen atoms in total. The minimum absolute atomic E-state index is 0.0253. The van der Waals surface area contributed by atoms with Gasteiger partial charge in [0.15, 0.2) is 5.76 Å². The molecule has 0 spiro atoms. The molecule has 2 amide bonds. The van der Waals surface area contributed by atoms with E-state index in [-0.39, 0.29) is 48.2 Å². The fourth-order valence-corrected chi connectivity index (χ4v) is 8.05. The van der Waals surface area contributed by atoms with E-state index in [0.717, 1.165) is 4.90 Å². The normalized spacial score (nSPS) is 20.0. The molecule has 0 bridgehead atoms. The lowest BCUT2D eigenvalue weighted by molar-refractivity contribution is -0.143. The Kier molecular flexibility index (Phi) is 14.1. The number of benzene rings is 2. The summed E-state index contributed by atoms with van der Waals surface area (Å²) in [4.78, 5) is 30.0. The molecule has 1 saturated heterocycles. The largest absolute Gasteiger partial charge is 0.539 e. The fourth-order valence-electron chi connectivity index (χ4n) is 6.06. The molecule has 0 aromatic heterocycles. The van der Waals surface area contributed by atoms with Crippen molar-refractivity contribution >= 4 is 31.3 Å². The number of amides is 2. The van der Waals surface area contributed by atoms with Crippen molar-refractivity contribution in [2.45, 2.75) is 128 Å². The van der Waals surface area contributed by atoms with Crippen LogP contribution in [0.15, 0.2) is 48.2 Å². The Bertz CT molecular complexity index is 1790. The van der Waals surface area contributed by atoms with Gasteiger partial charge in [-0.1, -0.05) is 26.8 Å². The van der Waals surface area contributed by atoms with E-state index in [1.165, 1.54) is 44.2 Å². The van der Waals surface area contributed by atoms with Crippen molar-refractivity contribution in [1.29, 1.82) is 0 Å². The monoisotopic (exact) mass is 837 g/mol. The number of alkyl halides is 6. The number of likely N-dealkylation sites (tertiary alicyclic amines) is 1. The molecule has 0 radical (unpaired) electrons. The highest BCUT2D eigenvalue weighted by atomic mass is 32.2. The number of carbonyl (C=O) groups is 2. The van der Waals surface area contributed by atoms with Crippen LogP contribution >= 0.6 is 0 Å². The van der Waals surface area contributed by atoms with Gasteiger partial charge in [0.05, 0.1) is 46.1 Å². The summed E-state index contributed by atoms with van der Waals surface area (Å²) in [6.07, 6.45) is -8.31. The van der Waals surface area contributed by atoms with E-state index in [1.54, 1.807) is 33.8 Å². The number of rotatable bonds is 10. The van der Waals surface area contributed by atoms with Crippen molar-refractivity contribution in [2.24, 2.45) is 0 Å². The molecule has 2 aromatic rings. The molecular weight excluding hydrogens is 784 g/mol. The van der Waals surface area contributed by atoms with E-state index in [0.29, 0.717) is 23.3 Å². The number of hydrogen-bond acceptors (Lipinski definition) is 5. The van der Waals surface area contributed by atoms with Crippen LogP contribution in [0.25, 0.3) is 0 Å². The first-order valence-electron chi connectivity index (χ1n) is 18.1. The number of carbonyl (C=O) groups excluding carboxylic acids is 2. The number of aryl methyl sites for hydroxylation is 1. The third-order valence-electron chi connectivity index (χ3n) is 10.7. The van der Waals surface area contributed by atoms with Gasteiger partial charge in [-0.25, -0.2) is 22.9 Å². The predicted molar refractivity (Wildman–Crippen MR) is 205 cm³/mol. The first-order chi connectivity index (χ1) is 25.3. The molecule has 56 heavy (non-hydrogen) atoms. The van der Waals surface area contributed by atoms with Crippen LogP contribution in [0.3, 0.4) is 0 Å². The molecule has 3 rings (SSSR count). The molecule has 1 N–H and O–H groups in total. The number of piperidine rings is 1. The van der Waals surface area contributed by atoms with E-state index in [4.69, 9.17) is 9.16 Å². The van der Waals surface area contributed by atoms with Gasteiger partial charge in [0.25, 0.3) is 8.32 Å². The molecule has 1 aliphatic heterocycles. The molecule has 2 aromatic carbocycles. The second-order valence-corrected chi connectivity index (χ2v) is 23.7. The van der Waals surface area contributed by atoms with Crippen molar-refractivity contribution in [3.8, 4) is 0 Å². The number of esters is 1. The zero-order chi connectivity index (χ0) is 43.0. The summed E-state index contributed by atoms with van der Waals surface area (Å²) in [6, 6.07) is 2.40. The third-order valence-corrected chi connectivity index (χ3v) is 16.8. The average Bonchev–Trinajstić information content (AvgIpc) is 3.06. The summed E-state index contributed by atoms with van der Waals surface area (Å²) in [5, 5.41) is -0.285. The molecule has 0 aliphatic carbocycles. The van der Waals surface area contributed by atoms with E-state index >= 15 is 0 Å². The molecule has 1 unspecified atom stereocenters. The van der Waals surface area contributed by atoms with Gasteiger partial charge in [0, 0.05) is 19.1 Å². The van der Waals surface area contributed by atoms with E-state index < -0.39 is 83.0 Å². The van der Waals surface area contributed by atoms with Crippen molar-refractivity contribution in [3.05, 3.63) is 81.9 Å². The van der Waals surface area contributed by atoms with E-state index in [9.17, 15) is 44.5 Å². The lowest BCUT2D eigenvalue weighted by atomic mass is 9.78. The molecule has 0 saturated carbocycles. The summed E-state index contributed by atoms with van der Waals surface area (Å²) >= 11 is 0. The van der Waals surface area contributed by atoms with Gasteiger partial charge in [-0.3, -0.25) is 0 Å². The van der Waals surface area contributed by atoms with Gasteiger partial charge in [-0.05, 0) is 125 Å². The summed E-state index contributed by atoms with van der Waals surface area (Å²) in [5.74, 6) is -1.27. The van der Waals surface area contributed by atoms with Gasteiger partial charge in [0.1, 0.15) is 5.82 Å². The number of hydrogen-bond donors (Lipinski definition) is 1. The summed E-state index contributed by atoms with van der Waals surface area (Å²) in [5.41, 5.74) is -3.49. The van der Waals surface area contributed by atoms with Gasteiger partial charge < -0.3 is 19.0 Å². The average molecular weight is 838 g/mol. The number of ether oxygens (including phenoxy) is 1. The third kappa shape index (κ3) is 11.1. The highest BCUT2D eigenvalue weighted by Crippen LogP contribution is 2.44. The molecule has 1 fully saturated rings. The lowest BCUT2D eigenvalue weighted by Crippen LogP contribution is -2.59. The Labute approximate surface area is 328 Å². The molecule has 1 aliphatic rings. The van der Waals surface area contributed by atoms with Gasteiger partial charge in [0.2, 0.25) is 0 Å². The number of halogens is 7. The highest BCUT2D eigenvalue weighted by Gasteiger charge is 2.47. The molecule has 4 atom stereocenters. The van der Waals surface area contributed by atoms with Crippen LogP contribution in [0.2, 0.25) is 18.1 Å². The van der Waals surface area contributed by atoms with Crippen molar-refractivity contribution in [1.82, 2.24) is 14.5 Å². The topological polar surface area (TPSA) is 88.2 Å². The number of methoxy groups -OCH3 is 1. The Morgan fingerprint density at radius 3 is 2.04 bits per heavy atom. The minimum Gasteiger partial charge on any atom is -0.539 e. The zero-order valence-corrected chi connectivity index (χ0v) is 35.8. The van der Waals surface area contributed by atoms with Crippen LogP contribution in [-0.4, -0.2) is 65.3 Å². The smallest absolute Gasteiger partial charge is 0.416 e. The van der Waals surface area contributed by atoms with Crippen LogP contribution in [-0.2, 0) is 37.3 Å². The summed E-state index contributed by atoms with van der Waals surface area (Å²) < 4.78 is 125. The molecule has 17 heteroatoms. The van der Waals surface area contributed by atoms with E-state index in [1.807, 2.05) is 33.9 Å². The Morgan fingerprint density at radius 2 is 1.57 bits per heavy atom. The van der Waals surface area contributed by atoms with Crippen LogP contribution in [0, 0.1) is 12.7 Å². The molecule has 1 heterocycles. The first kappa shape index (κ1) is 46.9. The highest BCUT2D eigenvalue weighted by molar-refractivity contribution is 7.84. The SMILES string of the molecule is COC(=O)C(=CC[C@]1(NS(=O)C(C)(C)C)CCN(C(=O)N(C)[C@H](C)c2cc(C(F)(F)F)cc(C(F)(F)F)c2)[C@@H](c2ccc(F)cc2C)C1)O[Si](C)(C)C(C)(C)C. The predicted octanol–water partition coefficient (Wildman–Crippen LogP) is 10.4. The number of nitrogens with one attached hydrogen (secondary N) is 1. The standard InChI is InChI=1S/C39H54F7N3O5SSi/c1-24-19-29(40)13-14-30(24)31-23-37(47-55(52)35(3,4)5,16-15-32(33(50)53-10)54-56(11,12)36(6,7)8)17-18-49(31)34(51)48(9)25(2)26-20-27(38(41,42)43)22-28(21-26)39(44,45)46/h13-15,19-22,25,31,47H,16-18,23H2,1-12H3/t25-,31-,37+,55?/m1/s1. The second kappa shape index (κ2) is 16.8. The molecule has 314 valence electrons. The Hall–Kier alpha value is -3.44. The Balaban J connectivity index is 2.18. The zero-order valence-electron chi connectivity index (χ0n) is 34.0. The van der Waals surface area contributed by atoms with Crippen molar-refractivity contribution < 1.29 is 53.7 Å². The number of nitrogens with zero attached hydrogens (tertiary/aromatic N) is 2. The van der Waals surface area contributed by atoms with Crippen LogP contribution in [0.5, 0.6) is 0 Å². The van der Waals surface area contributed by atoms with Crippen molar-refractivity contribution in [3.63, 3.8) is 0 Å². The summed E-state index contributed by atoms with van der Waals surface area (Å²) in [6.45, 7) is 18.2. The summed E-state index contributed by atoms with van der Waals surface area (Å²) in [7, 11) is -1.74. The maximum Gasteiger partial charge on any atom is 0.416 e. The Morgan fingerprint density at radius 1 is 1.02 bits per heavy atom. The van der Waals surface area contributed by atoms with Crippen molar-refractivity contribution in [2.75, 3.05) is 20.7 Å². The minimum atomic E-state index is -5.09. The quantitative estimate of drug-likeness (QED) is 0.0847.